The van der Waals surface area contributed by atoms with Gasteiger partial charge in [0, 0.05) is 6.07 Å². The maximum Gasteiger partial charge on any atom is 0.224 e. The first-order chi connectivity index (χ1) is 8.17. The van der Waals surface area contributed by atoms with Gasteiger partial charge in [0.2, 0.25) is 5.88 Å². The second-order valence-electron chi connectivity index (χ2n) is 3.59. The van der Waals surface area contributed by atoms with Gasteiger partial charge in [-0.3, -0.25) is 0 Å². The number of nitrogen functional groups attached to an aromatic ring is 1. The van der Waals surface area contributed by atoms with Crippen molar-refractivity contribution in [1.82, 2.24) is 9.97 Å². The molecule has 0 aliphatic rings. The van der Waals surface area contributed by atoms with Crippen molar-refractivity contribution in [2.75, 3.05) is 5.73 Å². The number of aryl methyl sites for hydroxylation is 1. The first-order valence-corrected chi connectivity index (χ1v) is 5.16. The summed E-state index contributed by atoms with van der Waals surface area (Å²) in [5.74, 6) is 1.92. The number of aliphatic hydroxyl groups excluding tert-OH is 1. The molecule has 5 heteroatoms. The van der Waals surface area contributed by atoms with E-state index in [0.29, 0.717) is 23.3 Å². The molecule has 88 valence electrons. The van der Waals surface area contributed by atoms with Crippen molar-refractivity contribution in [2.24, 2.45) is 0 Å². The van der Waals surface area contributed by atoms with E-state index in [4.69, 9.17) is 15.6 Å². The third kappa shape index (κ3) is 2.92. The molecule has 0 fully saturated rings. The molecular formula is C12H13N3O2. The molecule has 0 atom stereocenters. The zero-order chi connectivity index (χ0) is 12.3. The number of anilines is 1. The summed E-state index contributed by atoms with van der Waals surface area (Å²) in [6.07, 6.45) is 0. The number of hydrogen-bond donors (Lipinski definition) is 2. The number of nitrogens with two attached hydrogens (primary N) is 1. The summed E-state index contributed by atoms with van der Waals surface area (Å²) in [4.78, 5) is 8.07. The van der Waals surface area contributed by atoms with E-state index in [1.165, 1.54) is 0 Å². The minimum absolute atomic E-state index is 0.0257. The molecule has 0 amide bonds. The zero-order valence-corrected chi connectivity index (χ0v) is 9.42. The summed E-state index contributed by atoms with van der Waals surface area (Å²) in [7, 11) is 0. The molecule has 0 saturated heterocycles. The minimum Gasteiger partial charge on any atom is -0.439 e. The van der Waals surface area contributed by atoms with Crippen molar-refractivity contribution < 1.29 is 9.84 Å². The van der Waals surface area contributed by atoms with E-state index in [1.807, 2.05) is 6.07 Å². The van der Waals surface area contributed by atoms with Crippen LogP contribution in [0.25, 0.3) is 0 Å². The van der Waals surface area contributed by atoms with Crippen molar-refractivity contribution in [3.05, 3.63) is 41.7 Å². The lowest BCUT2D eigenvalue weighted by Gasteiger charge is -2.06. The number of ether oxygens (including phenoxy) is 1. The third-order valence-electron chi connectivity index (χ3n) is 2.14. The average Bonchev–Trinajstić information content (AvgIpc) is 2.28. The lowest BCUT2D eigenvalue weighted by atomic mass is 10.2. The van der Waals surface area contributed by atoms with Crippen LogP contribution >= 0.6 is 0 Å². The fraction of sp³-hybridized carbons (Fsp3) is 0.167. The molecule has 5 nitrogen and oxygen atoms in total. The lowest BCUT2D eigenvalue weighted by molar-refractivity contribution is 0.281. The van der Waals surface area contributed by atoms with Gasteiger partial charge in [-0.1, -0.05) is 12.1 Å². The Balaban J connectivity index is 2.24. The Hall–Kier alpha value is -2.14. The van der Waals surface area contributed by atoms with Gasteiger partial charge >= 0.3 is 0 Å². The van der Waals surface area contributed by atoms with E-state index >= 15 is 0 Å². The summed E-state index contributed by atoms with van der Waals surface area (Å²) in [6.45, 7) is 1.72. The Morgan fingerprint density at radius 3 is 2.82 bits per heavy atom. The van der Waals surface area contributed by atoms with Crippen LogP contribution < -0.4 is 10.5 Å². The Kier molecular flexibility index (Phi) is 3.20. The lowest BCUT2D eigenvalue weighted by Crippen LogP contribution is -1.98. The van der Waals surface area contributed by atoms with Crippen LogP contribution in [0.15, 0.2) is 30.3 Å². The zero-order valence-electron chi connectivity index (χ0n) is 9.42. The van der Waals surface area contributed by atoms with Gasteiger partial charge in [-0.25, -0.2) is 4.98 Å². The number of aromatic nitrogens is 2. The summed E-state index contributed by atoms with van der Waals surface area (Å²) in [6, 6.07) is 8.70. The van der Waals surface area contributed by atoms with Crippen molar-refractivity contribution in [1.29, 1.82) is 0 Å². The summed E-state index contributed by atoms with van der Waals surface area (Å²) < 4.78 is 5.54. The van der Waals surface area contributed by atoms with E-state index in [1.54, 1.807) is 31.2 Å². The largest absolute Gasteiger partial charge is 0.439 e. The molecule has 0 aliphatic heterocycles. The number of hydrogen-bond acceptors (Lipinski definition) is 5. The maximum absolute atomic E-state index is 9.02. The third-order valence-corrected chi connectivity index (χ3v) is 2.14. The van der Waals surface area contributed by atoms with Crippen LogP contribution in [-0.2, 0) is 6.61 Å². The highest BCUT2D eigenvalue weighted by molar-refractivity contribution is 5.36. The molecule has 1 aromatic carbocycles. The highest BCUT2D eigenvalue weighted by atomic mass is 16.5. The van der Waals surface area contributed by atoms with Gasteiger partial charge in [-0.2, -0.15) is 4.98 Å². The predicted octanol–water partition coefficient (Wildman–Crippen LogP) is 1.65. The van der Waals surface area contributed by atoms with Crippen LogP contribution in [0.3, 0.4) is 0 Å². The summed E-state index contributed by atoms with van der Waals surface area (Å²) in [5, 5.41) is 9.02. The second kappa shape index (κ2) is 4.80. The average molecular weight is 231 g/mol. The molecule has 2 aromatic rings. The van der Waals surface area contributed by atoms with Crippen LogP contribution in [0.5, 0.6) is 11.6 Å². The monoisotopic (exact) mass is 231 g/mol. The maximum atomic E-state index is 9.02. The topological polar surface area (TPSA) is 81.3 Å². The summed E-state index contributed by atoms with van der Waals surface area (Å²) in [5.41, 5.74) is 6.38. The van der Waals surface area contributed by atoms with Crippen molar-refractivity contribution >= 4 is 5.82 Å². The molecule has 0 unspecified atom stereocenters. The van der Waals surface area contributed by atoms with Gasteiger partial charge in [-0.05, 0) is 24.6 Å². The molecular weight excluding hydrogens is 218 g/mol. The first kappa shape index (κ1) is 11.3. The molecule has 0 aliphatic carbocycles. The van der Waals surface area contributed by atoms with Crippen LogP contribution in [0.4, 0.5) is 5.82 Å². The molecule has 0 spiro atoms. The quantitative estimate of drug-likeness (QED) is 0.839. The van der Waals surface area contributed by atoms with Crippen LogP contribution in [0, 0.1) is 6.92 Å². The van der Waals surface area contributed by atoms with Gasteiger partial charge in [0.1, 0.15) is 17.4 Å². The summed E-state index contributed by atoms with van der Waals surface area (Å²) >= 11 is 0. The number of aliphatic hydroxyl groups is 1. The van der Waals surface area contributed by atoms with Gasteiger partial charge in [0.15, 0.2) is 0 Å². The van der Waals surface area contributed by atoms with Crippen LogP contribution in [0.1, 0.15) is 11.4 Å². The second-order valence-corrected chi connectivity index (χ2v) is 3.59. The highest BCUT2D eigenvalue weighted by Crippen LogP contribution is 2.21. The molecule has 17 heavy (non-hydrogen) atoms. The van der Waals surface area contributed by atoms with E-state index < -0.39 is 0 Å². The van der Waals surface area contributed by atoms with E-state index in [0.717, 1.165) is 5.56 Å². The van der Waals surface area contributed by atoms with Crippen molar-refractivity contribution in [3.63, 3.8) is 0 Å². The van der Waals surface area contributed by atoms with Crippen LogP contribution in [-0.4, -0.2) is 15.1 Å². The van der Waals surface area contributed by atoms with Gasteiger partial charge in [0.05, 0.1) is 6.61 Å². The number of rotatable bonds is 3. The Bertz CT molecular complexity index is 509. The van der Waals surface area contributed by atoms with E-state index in [-0.39, 0.29) is 6.61 Å². The molecule has 0 saturated carbocycles. The molecule has 1 aromatic heterocycles. The molecule has 3 N–H and O–H groups in total. The van der Waals surface area contributed by atoms with E-state index in [2.05, 4.69) is 9.97 Å². The van der Waals surface area contributed by atoms with Crippen molar-refractivity contribution in [2.45, 2.75) is 13.5 Å². The Morgan fingerprint density at radius 2 is 2.12 bits per heavy atom. The Labute approximate surface area is 98.9 Å². The normalized spacial score (nSPS) is 10.2. The van der Waals surface area contributed by atoms with Gasteiger partial charge in [-0.15, -0.1) is 0 Å². The standard InChI is InChI=1S/C12H13N3O2/c1-8-14-11(13)6-12(15-8)17-10-4-2-3-9(5-10)7-16/h2-6,16H,7H2,1H3,(H2,13,14,15). The van der Waals surface area contributed by atoms with Crippen molar-refractivity contribution in [3.8, 4) is 11.6 Å². The van der Waals surface area contributed by atoms with Gasteiger partial charge < -0.3 is 15.6 Å². The fourth-order valence-electron chi connectivity index (χ4n) is 1.44. The first-order valence-electron chi connectivity index (χ1n) is 5.16. The number of benzene rings is 1. The van der Waals surface area contributed by atoms with Crippen LogP contribution in [0.2, 0.25) is 0 Å². The SMILES string of the molecule is Cc1nc(N)cc(Oc2cccc(CO)c2)n1. The molecule has 1 heterocycles. The minimum atomic E-state index is -0.0257. The van der Waals surface area contributed by atoms with Gasteiger partial charge in [0.25, 0.3) is 0 Å². The fourth-order valence-corrected chi connectivity index (χ4v) is 1.44. The highest BCUT2D eigenvalue weighted by Gasteiger charge is 2.02. The molecule has 0 radical (unpaired) electrons. The molecule has 2 rings (SSSR count). The molecule has 0 bridgehead atoms. The van der Waals surface area contributed by atoms with E-state index in [9.17, 15) is 0 Å². The number of nitrogens with zero attached hydrogens (tertiary/aromatic N) is 2. The predicted molar refractivity (Wildman–Crippen MR) is 63.6 cm³/mol. The Morgan fingerprint density at radius 1 is 1.29 bits per heavy atom. The smallest absolute Gasteiger partial charge is 0.224 e.